The van der Waals surface area contributed by atoms with Crippen molar-refractivity contribution < 1.29 is 31.4 Å². The van der Waals surface area contributed by atoms with Crippen LogP contribution in [0.4, 0.5) is 32.2 Å². The highest BCUT2D eigenvalue weighted by molar-refractivity contribution is 5.36. The van der Waals surface area contributed by atoms with E-state index in [-0.39, 0.29) is 0 Å². The van der Waals surface area contributed by atoms with E-state index in [0.29, 0.717) is 6.07 Å². The Morgan fingerprint density at radius 2 is 1.78 bits per heavy atom. The minimum absolute atomic E-state index is 0.395. The molecule has 0 saturated carbocycles. The van der Waals surface area contributed by atoms with Gasteiger partial charge in [-0.05, 0) is 12.1 Å². The highest BCUT2D eigenvalue weighted by atomic mass is 19.4. The first-order valence-corrected chi connectivity index (χ1v) is 4.63. The summed E-state index contributed by atoms with van der Waals surface area (Å²) in [5, 5.41) is 10.6. The molecule has 3 nitrogen and oxygen atoms in total. The van der Waals surface area contributed by atoms with Crippen molar-refractivity contribution >= 4 is 5.82 Å². The zero-order valence-electron chi connectivity index (χ0n) is 8.68. The quantitative estimate of drug-likeness (QED) is 0.832. The maximum Gasteiger partial charge on any atom is 0.433 e. The summed E-state index contributed by atoms with van der Waals surface area (Å²) in [6, 6.07) is 2.75. The van der Waals surface area contributed by atoms with Crippen LogP contribution in [0.1, 0.15) is 5.69 Å². The zero-order valence-corrected chi connectivity index (χ0v) is 8.68. The summed E-state index contributed by atoms with van der Waals surface area (Å²) >= 11 is 0. The Balaban J connectivity index is 2.69. The molecule has 0 aliphatic heterocycles. The lowest BCUT2D eigenvalue weighted by Gasteiger charge is -2.15. The third-order valence-corrected chi connectivity index (χ3v) is 1.89. The van der Waals surface area contributed by atoms with Gasteiger partial charge in [-0.25, -0.2) is 4.98 Å². The highest BCUT2D eigenvalue weighted by Crippen LogP contribution is 2.28. The first kappa shape index (κ1) is 14.6. The third-order valence-electron chi connectivity index (χ3n) is 1.89. The number of aromatic nitrogens is 1. The van der Waals surface area contributed by atoms with E-state index < -0.39 is 36.5 Å². The Morgan fingerprint density at radius 1 is 1.17 bits per heavy atom. The van der Waals surface area contributed by atoms with Crippen LogP contribution in [0, 0.1) is 0 Å². The number of aliphatic hydroxyl groups is 1. The van der Waals surface area contributed by atoms with E-state index >= 15 is 0 Å². The molecule has 0 radical (unpaired) electrons. The van der Waals surface area contributed by atoms with Crippen LogP contribution in [0.25, 0.3) is 0 Å². The predicted molar refractivity (Wildman–Crippen MR) is 49.8 cm³/mol. The number of hydrogen-bond donors (Lipinski definition) is 2. The molecule has 0 aliphatic carbocycles. The SMILES string of the molecule is OC(CNc1cccc(C(F)(F)F)n1)C(F)(F)F. The molecular formula is C9H8F6N2O. The molecular weight excluding hydrogens is 266 g/mol. The lowest BCUT2D eigenvalue weighted by Crippen LogP contribution is -2.35. The van der Waals surface area contributed by atoms with E-state index in [4.69, 9.17) is 5.11 Å². The average Bonchev–Trinajstić information content (AvgIpc) is 2.23. The minimum atomic E-state index is -4.84. The smallest absolute Gasteiger partial charge is 0.382 e. The monoisotopic (exact) mass is 274 g/mol. The van der Waals surface area contributed by atoms with Gasteiger partial charge in [0.2, 0.25) is 0 Å². The zero-order chi connectivity index (χ0) is 14.0. The normalized spacial score (nSPS) is 14.4. The van der Waals surface area contributed by atoms with Crippen molar-refractivity contribution in [2.24, 2.45) is 0 Å². The van der Waals surface area contributed by atoms with E-state index in [0.717, 1.165) is 12.1 Å². The van der Waals surface area contributed by atoms with Gasteiger partial charge in [0.05, 0.1) is 6.54 Å². The highest BCUT2D eigenvalue weighted by Gasteiger charge is 2.38. The van der Waals surface area contributed by atoms with E-state index in [1.807, 2.05) is 5.32 Å². The summed E-state index contributed by atoms with van der Waals surface area (Å²) in [6.07, 6.45) is -12.2. The predicted octanol–water partition coefficient (Wildman–Crippen LogP) is 2.44. The fourth-order valence-corrected chi connectivity index (χ4v) is 1.01. The lowest BCUT2D eigenvalue weighted by atomic mass is 10.3. The second-order valence-corrected chi connectivity index (χ2v) is 3.34. The summed E-state index contributed by atoms with van der Waals surface area (Å²) in [5.41, 5.74) is -1.23. The number of nitrogens with zero attached hydrogens (tertiary/aromatic N) is 1. The van der Waals surface area contributed by atoms with Gasteiger partial charge in [-0.15, -0.1) is 0 Å². The fourth-order valence-electron chi connectivity index (χ4n) is 1.01. The summed E-state index contributed by atoms with van der Waals surface area (Å²) < 4.78 is 72.5. The number of halogens is 6. The molecule has 18 heavy (non-hydrogen) atoms. The number of anilines is 1. The second kappa shape index (κ2) is 5.01. The van der Waals surface area contributed by atoms with Crippen LogP contribution in [-0.4, -0.2) is 28.9 Å². The van der Waals surface area contributed by atoms with Gasteiger partial charge in [0.1, 0.15) is 11.5 Å². The Hall–Kier alpha value is -1.51. The van der Waals surface area contributed by atoms with Crippen molar-refractivity contribution in [2.45, 2.75) is 18.5 Å². The van der Waals surface area contributed by atoms with Crippen molar-refractivity contribution in [1.82, 2.24) is 4.98 Å². The third kappa shape index (κ3) is 4.06. The lowest BCUT2D eigenvalue weighted by molar-refractivity contribution is -0.198. The van der Waals surface area contributed by atoms with Crippen molar-refractivity contribution in [3.05, 3.63) is 23.9 Å². The number of hydrogen-bond acceptors (Lipinski definition) is 3. The molecule has 102 valence electrons. The van der Waals surface area contributed by atoms with Crippen molar-refractivity contribution in [3.63, 3.8) is 0 Å². The van der Waals surface area contributed by atoms with Gasteiger partial charge in [0.25, 0.3) is 0 Å². The van der Waals surface area contributed by atoms with E-state index in [1.165, 1.54) is 0 Å². The Labute approximate surface area is 97.4 Å². The van der Waals surface area contributed by atoms with Gasteiger partial charge in [-0.1, -0.05) is 6.07 Å². The maximum absolute atomic E-state index is 12.2. The molecule has 0 bridgehead atoms. The topological polar surface area (TPSA) is 45.1 Å². The summed E-state index contributed by atoms with van der Waals surface area (Å²) in [6.45, 7) is -0.974. The van der Waals surface area contributed by atoms with Crippen LogP contribution in [0.3, 0.4) is 0 Å². The molecule has 0 aromatic carbocycles. The molecule has 1 rings (SSSR count). The molecule has 0 fully saturated rings. The van der Waals surface area contributed by atoms with Gasteiger partial charge in [-0.3, -0.25) is 0 Å². The van der Waals surface area contributed by atoms with Crippen LogP contribution in [0.2, 0.25) is 0 Å². The van der Waals surface area contributed by atoms with Gasteiger partial charge >= 0.3 is 12.4 Å². The van der Waals surface area contributed by atoms with Gasteiger partial charge in [-0.2, -0.15) is 26.3 Å². The Kier molecular flexibility index (Phi) is 4.05. The molecule has 0 aliphatic rings. The first-order valence-electron chi connectivity index (χ1n) is 4.63. The maximum atomic E-state index is 12.2. The first-order chi connectivity index (χ1) is 8.10. The molecule has 1 aromatic heterocycles. The van der Waals surface area contributed by atoms with Crippen molar-refractivity contribution in [2.75, 3.05) is 11.9 Å². The molecule has 2 N–H and O–H groups in total. The van der Waals surface area contributed by atoms with E-state index in [1.54, 1.807) is 0 Å². The number of nitrogens with one attached hydrogen (secondary N) is 1. The minimum Gasteiger partial charge on any atom is -0.382 e. The number of alkyl halides is 6. The number of rotatable bonds is 3. The molecule has 0 spiro atoms. The van der Waals surface area contributed by atoms with E-state index in [2.05, 4.69) is 4.98 Å². The number of pyridine rings is 1. The molecule has 1 atom stereocenters. The molecule has 0 saturated heterocycles. The molecule has 0 amide bonds. The molecule has 1 unspecified atom stereocenters. The summed E-state index contributed by atoms with van der Waals surface area (Å²) in [5.74, 6) is -0.395. The fraction of sp³-hybridized carbons (Fsp3) is 0.444. The second-order valence-electron chi connectivity index (χ2n) is 3.34. The van der Waals surface area contributed by atoms with Gasteiger partial charge in [0.15, 0.2) is 6.10 Å². The Morgan fingerprint density at radius 3 is 2.28 bits per heavy atom. The van der Waals surface area contributed by atoms with Crippen LogP contribution in [-0.2, 0) is 6.18 Å². The van der Waals surface area contributed by atoms with Crippen LogP contribution < -0.4 is 5.32 Å². The molecule has 1 aromatic rings. The van der Waals surface area contributed by atoms with Crippen LogP contribution in [0.15, 0.2) is 18.2 Å². The van der Waals surface area contributed by atoms with Gasteiger partial charge in [0, 0.05) is 0 Å². The summed E-state index contributed by atoms with van der Waals surface area (Å²) in [4.78, 5) is 3.08. The average molecular weight is 274 g/mol. The van der Waals surface area contributed by atoms with Crippen molar-refractivity contribution in [1.29, 1.82) is 0 Å². The van der Waals surface area contributed by atoms with E-state index in [9.17, 15) is 26.3 Å². The standard InChI is InChI=1S/C9H8F6N2O/c10-8(11,12)5-2-1-3-7(17-5)16-4-6(18)9(13,14)15/h1-3,6,18H,4H2,(H,16,17). The van der Waals surface area contributed by atoms with Gasteiger partial charge < -0.3 is 10.4 Å². The summed E-state index contributed by atoms with van der Waals surface area (Å²) in [7, 11) is 0. The Bertz CT molecular complexity index is 403. The number of aliphatic hydroxyl groups excluding tert-OH is 1. The van der Waals surface area contributed by atoms with Crippen LogP contribution >= 0.6 is 0 Å². The largest absolute Gasteiger partial charge is 0.433 e. The van der Waals surface area contributed by atoms with Crippen LogP contribution in [0.5, 0.6) is 0 Å². The molecule has 9 heteroatoms. The van der Waals surface area contributed by atoms with Crippen molar-refractivity contribution in [3.8, 4) is 0 Å². The molecule has 1 heterocycles.